The van der Waals surface area contributed by atoms with Crippen LogP contribution in [0.2, 0.25) is 0 Å². The summed E-state index contributed by atoms with van der Waals surface area (Å²) in [6, 6.07) is 9.93. The van der Waals surface area contributed by atoms with Crippen molar-refractivity contribution in [3.05, 3.63) is 35.9 Å². The van der Waals surface area contributed by atoms with Gasteiger partial charge in [0, 0.05) is 20.6 Å². The topological polar surface area (TPSA) is 52.6 Å². The van der Waals surface area contributed by atoms with E-state index in [9.17, 15) is 9.36 Å². The minimum atomic E-state index is -3.29. The zero-order chi connectivity index (χ0) is 16.1. The van der Waals surface area contributed by atoms with Gasteiger partial charge in [-0.3, -0.25) is 9.36 Å². The molecule has 0 amide bonds. The smallest absolute Gasteiger partial charge is 0.312 e. The number of carbonyl (C=O) groups is 1. The molecule has 21 heavy (non-hydrogen) atoms. The van der Waals surface area contributed by atoms with E-state index in [0.717, 1.165) is 5.56 Å². The van der Waals surface area contributed by atoms with E-state index in [-0.39, 0.29) is 23.3 Å². The number of carbonyl (C=O) groups excluding carboxylic acids is 1. The lowest BCUT2D eigenvalue weighted by Crippen LogP contribution is -2.23. The summed E-state index contributed by atoms with van der Waals surface area (Å²) < 4.78 is 21.7. The third-order valence-corrected chi connectivity index (χ3v) is 5.46. The van der Waals surface area contributed by atoms with Crippen molar-refractivity contribution in [1.29, 1.82) is 0 Å². The van der Waals surface area contributed by atoms with Crippen molar-refractivity contribution in [1.82, 2.24) is 0 Å². The summed E-state index contributed by atoms with van der Waals surface area (Å²) in [7, 11) is -0.684. The van der Waals surface area contributed by atoms with Crippen molar-refractivity contribution < 1.29 is 18.4 Å². The molecule has 0 bridgehead atoms. The summed E-state index contributed by atoms with van der Waals surface area (Å²) in [4.78, 5) is 12.3. The van der Waals surface area contributed by atoms with Gasteiger partial charge in [0.05, 0.1) is 0 Å². The summed E-state index contributed by atoms with van der Waals surface area (Å²) in [5.41, 5.74) is 1.05. The fourth-order valence-electron chi connectivity index (χ4n) is 2.32. The molecule has 118 valence electrons. The van der Waals surface area contributed by atoms with Gasteiger partial charge in [0.1, 0.15) is 11.9 Å². The molecule has 1 rings (SSSR count). The van der Waals surface area contributed by atoms with Crippen molar-refractivity contribution in [2.45, 2.75) is 33.1 Å². The molecule has 1 atom stereocenters. The Kier molecular flexibility index (Phi) is 6.33. The average molecular weight is 312 g/mol. The first-order valence-corrected chi connectivity index (χ1v) is 8.72. The van der Waals surface area contributed by atoms with E-state index in [1.54, 1.807) is 0 Å². The predicted octanol–water partition coefficient (Wildman–Crippen LogP) is 4.26. The van der Waals surface area contributed by atoms with Crippen LogP contribution in [0, 0.1) is 5.41 Å². The van der Waals surface area contributed by atoms with E-state index in [1.807, 2.05) is 30.3 Å². The van der Waals surface area contributed by atoms with Crippen LogP contribution in [-0.2, 0) is 18.4 Å². The molecule has 0 aliphatic heterocycles. The van der Waals surface area contributed by atoms with Gasteiger partial charge in [0.2, 0.25) is 0 Å². The highest BCUT2D eigenvalue weighted by Gasteiger charge is 2.32. The molecule has 0 fully saturated rings. The molecule has 4 nitrogen and oxygen atoms in total. The van der Waals surface area contributed by atoms with Gasteiger partial charge in [0.15, 0.2) is 0 Å². The monoisotopic (exact) mass is 312 g/mol. The molecule has 0 heterocycles. The summed E-state index contributed by atoms with van der Waals surface area (Å²) in [6.07, 6.45) is 0.142. The van der Waals surface area contributed by atoms with Crippen molar-refractivity contribution in [3.8, 4) is 0 Å². The Morgan fingerprint density at radius 3 is 2.10 bits per heavy atom. The van der Waals surface area contributed by atoms with E-state index in [1.165, 1.54) is 14.2 Å². The van der Waals surface area contributed by atoms with E-state index >= 15 is 0 Å². The second kappa shape index (κ2) is 7.35. The molecule has 1 aromatic carbocycles. The molecule has 0 aliphatic rings. The number of hydrogen-bond donors (Lipinski definition) is 0. The molecule has 0 radical (unpaired) electrons. The fraction of sp³-hybridized carbons (Fsp3) is 0.562. The maximum absolute atomic E-state index is 12.3. The quantitative estimate of drug-likeness (QED) is 0.706. The van der Waals surface area contributed by atoms with Gasteiger partial charge in [-0.1, -0.05) is 51.1 Å². The number of hydrogen-bond acceptors (Lipinski definition) is 4. The SMILES string of the molecule is COP(=O)(CC(=O)C[C@H](c1ccccc1)C(C)(C)C)OC. The Morgan fingerprint density at radius 1 is 1.14 bits per heavy atom. The molecular weight excluding hydrogens is 287 g/mol. The molecule has 0 unspecified atom stereocenters. The first kappa shape index (κ1) is 18.1. The number of ketones is 1. The van der Waals surface area contributed by atoms with Gasteiger partial charge >= 0.3 is 7.60 Å². The minimum absolute atomic E-state index is 0.0633. The summed E-state index contributed by atoms with van der Waals surface area (Å²) in [6.45, 7) is 6.30. The zero-order valence-electron chi connectivity index (χ0n) is 13.5. The third-order valence-electron chi connectivity index (χ3n) is 3.61. The van der Waals surface area contributed by atoms with Crippen LogP contribution in [0.15, 0.2) is 30.3 Å². The molecule has 0 aromatic heterocycles. The van der Waals surface area contributed by atoms with Crippen LogP contribution in [0.1, 0.15) is 38.7 Å². The van der Waals surface area contributed by atoms with Crippen LogP contribution < -0.4 is 0 Å². The van der Waals surface area contributed by atoms with Crippen LogP contribution in [0.4, 0.5) is 0 Å². The van der Waals surface area contributed by atoms with Crippen molar-refractivity contribution in [3.63, 3.8) is 0 Å². The maximum Gasteiger partial charge on any atom is 0.337 e. The fourth-order valence-corrected chi connectivity index (χ4v) is 3.29. The van der Waals surface area contributed by atoms with E-state index in [4.69, 9.17) is 9.05 Å². The van der Waals surface area contributed by atoms with E-state index in [0.29, 0.717) is 6.42 Å². The molecular formula is C16H25O4P. The van der Waals surface area contributed by atoms with Gasteiger partial charge in [-0.05, 0) is 16.9 Å². The van der Waals surface area contributed by atoms with Gasteiger partial charge in [-0.2, -0.15) is 0 Å². The average Bonchev–Trinajstić information content (AvgIpc) is 2.44. The highest BCUT2D eigenvalue weighted by Crippen LogP contribution is 2.47. The lowest BCUT2D eigenvalue weighted by Gasteiger charge is -2.31. The Hall–Kier alpha value is -0.960. The molecule has 1 aromatic rings. The highest BCUT2D eigenvalue weighted by molar-refractivity contribution is 7.54. The highest BCUT2D eigenvalue weighted by atomic mass is 31.2. The largest absolute Gasteiger partial charge is 0.337 e. The van der Waals surface area contributed by atoms with Gasteiger partial charge in [-0.25, -0.2) is 0 Å². The summed E-state index contributed by atoms with van der Waals surface area (Å²) in [5, 5.41) is 0. The summed E-state index contributed by atoms with van der Waals surface area (Å²) >= 11 is 0. The number of rotatable bonds is 7. The van der Waals surface area contributed by atoms with E-state index < -0.39 is 7.60 Å². The van der Waals surface area contributed by atoms with Crippen LogP contribution in [0.25, 0.3) is 0 Å². The standard InChI is InChI=1S/C16H25O4P/c1-16(2,3)15(13-9-7-6-8-10-13)11-14(17)12-21(18,19-4)20-5/h6-10,15H,11-12H2,1-5H3/t15-/m1/s1. The Bertz CT molecular complexity index is 497. The second-order valence-corrected chi connectivity index (χ2v) is 8.47. The molecule has 0 aliphatic carbocycles. The number of benzene rings is 1. The Balaban J connectivity index is 2.89. The Morgan fingerprint density at radius 2 is 1.67 bits per heavy atom. The lowest BCUT2D eigenvalue weighted by molar-refractivity contribution is -0.117. The minimum Gasteiger partial charge on any atom is -0.312 e. The first-order chi connectivity index (χ1) is 9.72. The third kappa shape index (κ3) is 5.39. The first-order valence-electron chi connectivity index (χ1n) is 6.99. The lowest BCUT2D eigenvalue weighted by atomic mass is 9.74. The molecule has 0 saturated carbocycles. The van der Waals surface area contributed by atoms with Crippen LogP contribution in [-0.4, -0.2) is 26.2 Å². The molecule has 5 heteroatoms. The van der Waals surface area contributed by atoms with Crippen molar-refractivity contribution in [2.24, 2.45) is 5.41 Å². The summed E-state index contributed by atoms with van der Waals surface area (Å²) in [5.74, 6) is -0.0424. The van der Waals surface area contributed by atoms with Crippen LogP contribution in [0.3, 0.4) is 0 Å². The van der Waals surface area contributed by atoms with Gasteiger partial charge < -0.3 is 9.05 Å². The van der Waals surface area contributed by atoms with Gasteiger partial charge in [-0.15, -0.1) is 0 Å². The van der Waals surface area contributed by atoms with Crippen LogP contribution in [0.5, 0.6) is 0 Å². The Labute approximate surface area is 127 Å². The van der Waals surface area contributed by atoms with Crippen molar-refractivity contribution in [2.75, 3.05) is 20.4 Å². The second-order valence-electron chi connectivity index (χ2n) is 6.21. The van der Waals surface area contributed by atoms with Gasteiger partial charge in [0.25, 0.3) is 0 Å². The molecule has 0 N–H and O–H groups in total. The normalized spacial score (nSPS) is 14.0. The van der Waals surface area contributed by atoms with Crippen LogP contribution >= 0.6 is 7.60 Å². The van der Waals surface area contributed by atoms with Crippen molar-refractivity contribution >= 4 is 13.4 Å². The molecule has 0 spiro atoms. The predicted molar refractivity (Wildman–Crippen MR) is 84.8 cm³/mol. The van der Waals surface area contributed by atoms with E-state index in [2.05, 4.69) is 20.8 Å². The maximum atomic E-state index is 12.3. The zero-order valence-corrected chi connectivity index (χ0v) is 14.4. The number of Topliss-reactive ketones (excluding diaryl/α,β-unsaturated/α-hetero) is 1. The molecule has 0 saturated heterocycles.